The van der Waals surface area contributed by atoms with Gasteiger partial charge in [0.2, 0.25) is 5.91 Å². The van der Waals surface area contributed by atoms with E-state index in [0.717, 1.165) is 19.1 Å². The highest BCUT2D eigenvalue weighted by atomic mass is 19.4. The number of carbonyl (C=O) groups excluding carboxylic acids is 2. The SMILES string of the molecule is CCC(CC(C)C(=O)OCC(F)(F)C(F)(F)C(F)(F)C(F)(F)C(F)(F)C(F)F)C(=O)Nc1ccc(C(=O)O)cc1. The Labute approximate surface area is 217 Å². The van der Waals surface area contributed by atoms with Gasteiger partial charge in [-0.2, -0.15) is 43.9 Å². The average Bonchev–Trinajstić information content (AvgIpc) is 2.85. The zero-order valence-electron chi connectivity index (χ0n) is 20.3. The molecule has 0 bridgehead atoms. The number of carboxylic acids is 1. The molecule has 0 saturated heterocycles. The van der Waals surface area contributed by atoms with Crippen molar-refractivity contribution in [2.75, 3.05) is 11.9 Å². The molecule has 18 heteroatoms. The minimum absolute atomic E-state index is 0.00938. The second-order valence-corrected chi connectivity index (χ2v) is 8.57. The molecule has 1 rings (SSSR count). The molecule has 0 saturated carbocycles. The van der Waals surface area contributed by atoms with Gasteiger partial charge >= 0.3 is 48.0 Å². The number of esters is 1. The van der Waals surface area contributed by atoms with Gasteiger partial charge in [0.1, 0.15) is 0 Å². The van der Waals surface area contributed by atoms with Crippen LogP contribution >= 0.6 is 0 Å². The summed E-state index contributed by atoms with van der Waals surface area (Å²) in [7, 11) is 0. The summed E-state index contributed by atoms with van der Waals surface area (Å²) >= 11 is 0. The van der Waals surface area contributed by atoms with Gasteiger partial charge in [0.05, 0.1) is 11.5 Å². The zero-order chi connectivity index (χ0) is 31.5. The molecule has 0 radical (unpaired) electrons. The van der Waals surface area contributed by atoms with E-state index < -0.39 is 78.7 Å². The number of alkyl halides is 12. The van der Waals surface area contributed by atoms with Crippen LogP contribution in [0.25, 0.3) is 0 Å². The van der Waals surface area contributed by atoms with Crippen LogP contribution in [0.1, 0.15) is 37.0 Å². The molecule has 2 unspecified atom stereocenters. The van der Waals surface area contributed by atoms with Crippen LogP contribution in [0.2, 0.25) is 0 Å². The van der Waals surface area contributed by atoms with Gasteiger partial charge in [0.25, 0.3) is 0 Å². The van der Waals surface area contributed by atoms with Gasteiger partial charge in [-0.25, -0.2) is 13.6 Å². The third-order valence-electron chi connectivity index (χ3n) is 5.64. The third-order valence-corrected chi connectivity index (χ3v) is 5.64. The fourth-order valence-corrected chi connectivity index (χ4v) is 3.09. The Bertz CT molecular complexity index is 1060. The first kappa shape index (κ1) is 34.8. The van der Waals surface area contributed by atoms with E-state index in [4.69, 9.17) is 5.11 Å². The van der Waals surface area contributed by atoms with Crippen molar-refractivity contribution in [2.24, 2.45) is 11.8 Å². The Morgan fingerprint density at radius 1 is 0.875 bits per heavy atom. The number of ether oxygens (including phenoxy) is 1. The summed E-state index contributed by atoms with van der Waals surface area (Å²) in [4.78, 5) is 35.3. The van der Waals surface area contributed by atoms with E-state index >= 15 is 0 Å². The lowest BCUT2D eigenvalue weighted by atomic mass is 9.92. The second-order valence-electron chi connectivity index (χ2n) is 8.57. The second kappa shape index (κ2) is 12.1. The molecule has 0 aliphatic heterocycles. The Morgan fingerprint density at radius 3 is 1.80 bits per heavy atom. The maximum Gasteiger partial charge on any atom is 0.384 e. The highest BCUT2D eigenvalue weighted by molar-refractivity contribution is 5.94. The molecule has 1 amide bonds. The first-order valence-corrected chi connectivity index (χ1v) is 11.0. The summed E-state index contributed by atoms with van der Waals surface area (Å²) < 4.78 is 163. The summed E-state index contributed by atoms with van der Waals surface area (Å²) in [6, 6.07) is 4.71. The number of hydrogen-bond acceptors (Lipinski definition) is 4. The van der Waals surface area contributed by atoms with Gasteiger partial charge in [0, 0.05) is 11.6 Å². The summed E-state index contributed by atoms with van der Waals surface area (Å²) in [5.41, 5.74) is -0.00583. The number of nitrogens with one attached hydrogen (secondary N) is 1. The van der Waals surface area contributed by atoms with Crippen LogP contribution < -0.4 is 5.32 Å². The van der Waals surface area contributed by atoms with Crippen LogP contribution in [-0.2, 0) is 14.3 Å². The highest BCUT2D eigenvalue weighted by Crippen LogP contribution is 2.58. The fourth-order valence-electron chi connectivity index (χ4n) is 3.09. The molecule has 6 nitrogen and oxygen atoms in total. The van der Waals surface area contributed by atoms with E-state index in [1.807, 2.05) is 0 Å². The summed E-state index contributed by atoms with van der Waals surface area (Å²) in [5, 5.41) is 11.2. The van der Waals surface area contributed by atoms with Gasteiger partial charge in [-0.05, 0) is 37.1 Å². The van der Waals surface area contributed by atoms with Gasteiger partial charge in [-0.3, -0.25) is 9.59 Å². The van der Waals surface area contributed by atoms with Crippen molar-refractivity contribution in [3.63, 3.8) is 0 Å². The number of carboxylic acid groups (broad SMARTS) is 1. The molecule has 0 aliphatic rings. The molecule has 228 valence electrons. The molecule has 1 aromatic rings. The largest absolute Gasteiger partial charge is 0.478 e. The summed E-state index contributed by atoms with van der Waals surface area (Å²) in [6.45, 7) is -0.669. The van der Waals surface area contributed by atoms with Crippen LogP contribution in [0, 0.1) is 11.8 Å². The third kappa shape index (κ3) is 6.74. The van der Waals surface area contributed by atoms with E-state index in [0.29, 0.717) is 0 Å². The van der Waals surface area contributed by atoms with E-state index in [1.54, 1.807) is 0 Å². The van der Waals surface area contributed by atoms with Crippen LogP contribution in [0.3, 0.4) is 0 Å². The molecule has 1 aromatic carbocycles. The minimum atomic E-state index is -7.74. The maximum absolute atomic E-state index is 13.8. The van der Waals surface area contributed by atoms with Gasteiger partial charge < -0.3 is 15.2 Å². The fraction of sp³-hybridized carbons (Fsp3) is 0.591. The van der Waals surface area contributed by atoms with Crippen LogP contribution in [0.15, 0.2) is 24.3 Å². The number of hydrogen-bond donors (Lipinski definition) is 2. The minimum Gasteiger partial charge on any atom is -0.478 e. The van der Waals surface area contributed by atoms with Crippen LogP contribution in [-0.4, -0.2) is 65.6 Å². The van der Waals surface area contributed by atoms with E-state index in [9.17, 15) is 67.1 Å². The first-order chi connectivity index (χ1) is 18.0. The molecular weight excluding hydrogens is 586 g/mol. The predicted molar refractivity (Wildman–Crippen MR) is 111 cm³/mol. The highest BCUT2D eigenvalue weighted by Gasteiger charge is 2.87. The van der Waals surface area contributed by atoms with Crippen molar-refractivity contribution in [3.05, 3.63) is 29.8 Å². The van der Waals surface area contributed by atoms with Crippen molar-refractivity contribution in [2.45, 2.75) is 62.7 Å². The summed E-state index contributed by atoms with van der Waals surface area (Å²) in [6.07, 6.45) is -6.15. The Hall–Kier alpha value is -3.21. The van der Waals surface area contributed by atoms with Crippen molar-refractivity contribution in [3.8, 4) is 0 Å². The average molecular weight is 607 g/mol. The number of amides is 1. The Balaban J connectivity index is 2.94. The molecular formula is C22H21F12NO5. The molecule has 0 aliphatic carbocycles. The smallest absolute Gasteiger partial charge is 0.384 e. The van der Waals surface area contributed by atoms with E-state index in [-0.39, 0.29) is 17.7 Å². The van der Waals surface area contributed by atoms with Crippen molar-refractivity contribution in [1.82, 2.24) is 0 Å². The van der Waals surface area contributed by atoms with Crippen LogP contribution in [0.5, 0.6) is 0 Å². The van der Waals surface area contributed by atoms with E-state index in [2.05, 4.69) is 10.1 Å². The van der Waals surface area contributed by atoms with Crippen molar-refractivity contribution in [1.29, 1.82) is 0 Å². The van der Waals surface area contributed by atoms with Crippen molar-refractivity contribution < 1.29 is 76.9 Å². The normalized spacial score (nSPS) is 15.0. The van der Waals surface area contributed by atoms with Gasteiger partial charge in [-0.1, -0.05) is 13.8 Å². The van der Waals surface area contributed by atoms with E-state index in [1.165, 1.54) is 19.1 Å². The molecule has 0 heterocycles. The standard InChI is InChI=1S/C22H21F12NO5/c1-3-11(14(36)35-13-6-4-12(5-7-13)15(37)38)8-10(2)16(39)40-9-18(25,26)20(29,30)22(33,34)21(31,32)19(27,28)17(23)24/h4-7,10-11,17H,3,8-9H2,1-2H3,(H,35,36)(H,37,38). The van der Waals surface area contributed by atoms with Crippen molar-refractivity contribution >= 4 is 23.5 Å². The van der Waals surface area contributed by atoms with Gasteiger partial charge in [0.15, 0.2) is 6.61 Å². The number of rotatable bonds is 14. The first-order valence-electron chi connectivity index (χ1n) is 11.0. The molecule has 40 heavy (non-hydrogen) atoms. The number of anilines is 1. The predicted octanol–water partition coefficient (Wildman–Crippen LogP) is 6.36. The molecule has 2 atom stereocenters. The number of aromatic carboxylic acids is 1. The molecule has 0 spiro atoms. The monoisotopic (exact) mass is 607 g/mol. The maximum atomic E-state index is 13.8. The zero-order valence-corrected chi connectivity index (χ0v) is 20.3. The Morgan fingerprint density at radius 2 is 1.38 bits per heavy atom. The van der Waals surface area contributed by atoms with Gasteiger partial charge in [-0.15, -0.1) is 0 Å². The Kier molecular flexibility index (Phi) is 10.5. The lowest BCUT2D eigenvalue weighted by Gasteiger charge is -2.38. The number of carbonyl (C=O) groups is 3. The molecule has 2 N–H and O–H groups in total. The summed E-state index contributed by atoms with van der Waals surface area (Å²) in [5.74, 6) is -42.9. The lowest BCUT2D eigenvalue weighted by molar-refractivity contribution is -0.414. The molecule has 0 aromatic heterocycles. The lowest BCUT2D eigenvalue weighted by Crippen LogP contribution is -2.69. The number of halogens is 12. The topological polar surface area (TPSA) is 92.7 Å². The van der Waals surface area contributed by atoms with Crippen LogP contribution in [0.4, 0.5) is 58.4 Å². The molecule has 0 fully saturated rings. The quantitative estimate of drug-likeness (QED) is 0.190. The number of benzene rings is 1.